The molecule has 3 atom stereocenters. The summed E-state index contributed by atoms with van der Waals surface area (Å²) in [6.45, 7) is 2.74. The first-order valence-corrected chi connectivity index (χ1v) is 12.5. The maximum Gasteiger partial charge on any atom is 0.303 e. The van der Waals surface area contributed by atoms with Crippen molar-refractivity contribution in [1.29, 1.82) is 0 Å². The molecule has 0 aliphatic carbocycles. The van der Waals surface area contributed by atoms with Crippen LogP contribution in [0.3, 0.4) is 0 Å². The SMILES string of the molecule is COc1ccc2nccc(C(O)CC[C@@H]3CCN(CCCc4cccnc4)C[C@@H]3CC(=O)O)c2c1. The van der Waals surface area contributed by atoms with Crippen molar-refractivity contribution in [3.8, 4) is 5.75 Å². The summed E-state index contributed by atoms with van der Waals surface area (Å²) < 4.78 is 5.35. The Morgan fingerprint density at radius 2 is 2.11 bits per heavy atom. The van der Waals surface area contributed by atoms with E-state index in [9.17, 15) is 15.0 Å². The van der Waals surface area contributed by atoms with Gasteiger partial charge in [-0.1, -0.05) is 6.07 Å². The molecule has 0 spiro atoms. The van der Waals surface area contributed by atoms with Crippen LogP contribution in [0.2, 0.25) is 0 Å². The predicted molar refractivity (Wildman–Crippen MR) is 135 cm³/mol. The lowest BCUT2D eigenvalue weighted by molar-refractivity contribution is -0.139. The molecule has 7 nitrogen and oxygen atoms in total. The number of aliphatic hydroxyl groups excluding tert-OH is 1. The van der Waals surface area contributed by atoms with Crippen LogP contribution in [0, 0.1) is 11.8 Å². The summed E-state index contributed by atoms with van der Waals surface area (Å²) in [4.78, 5) is 22.6. The molecule has 1 saturated heterocycles. The van der Waals surface area contributed by atoms with E-state index in [-0.39, 0.29) is 18.3 Å². The number of likely N-dealkylation sites (tertiary alicyclic amines) is 1. The van der Waals surface area contributed by atoms with Crippen molar-refractivity contribution in [2.45, 2.75) is 44.6 Å². The van der Waals surface area contributed by atoms with E-state index in [1.54, 1.807) is 19.5 Å². The number of hydrogen-bond donors (Lipinski definition) is 2. The van der Waals surface area contributed by atoms with E-state index in [1.807, 2.05) is 36.5 Å². The van der Waals surface area contributed by atoms with Gasteiger partial charge < -0.3 is 19.8 Å². The largest absolute Gasteiger partial charge is 0.497 e. The van der Waals surface area contributed by atoms with Gasteiger partial charge in [0.1, 0.15) is 5.75 Å². The lowest BCUT2D eigenvalue weighted by atomic mass is 9.79. The zero-order chi connectivity index (χ0) is 24.6. The Bertz CT molecular complexity index is 1110. The van der Waals surface area contributed by atoms with Crippen LogP contribution in [0.15, 0.2) is 55.0 Å². The molecule has 7 heteroatoms. The summed E-state index contributed by atoms with van der Waals surface area (Å²) in [5, 5.41) is 21.5. The second-order valence-electron chi connectivity index (χ2n) is 9.55. The van der Waals surface area contributed by atoms with E-state index < -0.39 is 12.1 Å². The van der Waals surface area contributed by atoms with E-state index in [2.05, 4.69) is 20.9 Å². The van der Waals surface area contributed by atoms with Crippen molar-refractivity contribution in [1.82, 2.24) is 14.9 Å². The zero-order valence-electron chi connectivity index (χ0n) is 20.3. The van der Waals surface area contributed by atoms with Crippen LogP contribution in [0.4, 0.5) is 0 Å². The average Bonchev–Trinajstić information content (AvgIpc) is 2.87. The van der Waals surface area contributed by atoms with E-state index in [4.69, 9.17) is 4.74 Å². The number of nitrogens with zero attached hydrogens (tertiary/aromatic N) is 3. The highest BCUT2D eigenvalue weighted by atomic mass is 16.5. The smallest absolute Gasteiger partial charge is 0.303 e. The molecule has 1 unspecified atom stereocenters. The number of methoxy groups -OCH3 is 1. The summed E-state index contributed by atoms with van der Waals surface area (Å²) in [5.74, 6) is 0.375. The number of carboxylic acid groups (broad SMARTS) is 1. The summed E-state index contributed by atoms with van der Waals surface area (Å²) in [6.07, 6.45) is 9.34. The number of ether oxygens (including phenoxy) is 1. The summed E-state index contributed by atoms with van der Waals surface area (Å²) >= 11 is 0. The van der Waals surface area contributed by atoms with Crippen molar-refractivity contribution in [2.24, 2.45) is 11.8 Å². The van der Waals surface area contributed by atoms with Crippen molar-refractivity contribution in [3.05, 3.63) is 66.1 Å². The van der Waals surface area contributed by atoms with Gasteiger partial charge in [0.2, 0.25) is 0 Å². The molecule has 2 N–H and O–H groups in total. The molecule has 2 aromatic heterocycles. The number of benzene rings is 1. The molecule has 1 aliphatic rings. The Morgan fingerprint density at radius 1 is 1.23 bits per heavy atom. The number of aryl methyl sites for hydroxylation is 1. The van der Waals surface area contributed by atoms with E-state index in [1.165, 1.54) is 5.56 Å². The number of pyridine rings is 2. The monoisotopic (exact) mass is 477 g/mol. The minimum atomic E-state index is -0.745. The fourth-order valence-electron chi connectivity index (χ4n) is 5.34. The topological polar surface area (TPSA) is 95.8 Å². The highest BCUT2D eigenvalue weighted by Gasteiger charge is 2.31. The molecule has 3 heterocycles. The third kappa shape index (κ3) is 6.77. The van der Waals surface area contributed by atoms with Gasteiger partial charge in [-0.2, -0.15) is 0 Å². The Hall–Kier alpha value is -3.03. The van der Waals surface area contributed by atoms with Gasteiger partial charge in [-0.05, 0) is 98.5 Å². The Kier molecular flexibility index (Phi) is 8.66. The fourth-order valence-corrected chi connectivity index (χ4v) is 5.34. The predicted octanol–water partition coefficient (Wildman–Crippen LogP) is 4.50. The highest BCUT2D eigenvalue weighted by Crippen LogP contribution is 2.34. The van der Waals surface area contributed by atoms with Gasteiger partial charge in [0.25, 0.3) is 0 Å². The molecule has 1 fully saturated rings. The first-order chi connectivity index (χ1) is 17.0. The van der Waals surface area contributed by atoms with Gasteiger partial charge in [-0.25, -0.2) is 0 Å². The highest BCUT2D eigenvalue weighted by molar-refractivity contribution is 5.83. The van der Waals surface area contributed by atoms with Gasteiger partial charge in [-0.3, -0.25) is 14.8 Å². The number of piperidine rings is 1. The quantitative estimate of drug-likeness (QED) is 0.420. The van der Waals surface area contributed by atoms with Crippen LogP contribution < -0.4 is 4.74 Å². The number of carbonyl (C=O) groups is 1. The van der Waals surface area contributed by atoms with E-state index in [0.717, 1.165) is 67.5 Å². The Morgan fingerprint density at radius 3 is 2.89 bits per heavy atom. The molecule has 35 heavy (non-hydrogen) atoms. The molecule has 4 rings (SSSR count). The summed E-state index contributed by atoms with van der Waals surface area (Å²) in [6, 6.07) is 11.6. The second kappa shape index (κ2) is 12.1. The number of carboxylic acids is 1. The summed E-state index contributed by atoms with van der Waals surface area (Å²) in [5.41, 5.74) is 2.90. The van der Waals surface area contributed by atoms with Crippen LogP contribution in [0.5, 0.6) is 5.75 Å². The lowest BCUT2D eigenvalue weighted by Crippen LogP contribution is -2.42. The molecule has 186 valence electrons. The zero-order valence-corrected chi connectivity index (χ0v) is 20.3. The van der Waals surface area contributed by atoms with Gasteiger partial charge in [0, 0.05) is 36.9 Å². The Balaban J connectivity index is 1.35. The second-order valence-corrected chi connectivity index (χ2v) is 9.55. The van der Waals surface area contributed by atoms with Crippen LogP contribution in [0.25, 0.3) is 10.9 Å². The minimum Gasteiger partial charge on any atom is -0.497 e. The number of hydrogen-bond acceptors (Lipinski definition) is 6. The molecule has 0 saturated carbocycles. The van der Waals surface area contributed by atoms with Crippen molar-refractivity contribution < 1.29 is 19.7 Å². The third-order valence-electron chi connectivity index (χ3n) is 7.23. The third-order valence-corrected chi connectivity index (χ3v) is 7.23. The van der Waals surface area contributed by atoms with Crippen molar-refractivity contribution in [2.75, 3.05) is 26.7 Å². The van der Waals surface area contributed by atoms with Gasteiger partial charge in [0.05, 0.1) is 18.7 Å². The summed E-state index contributed by atoms with van der Waals surface area (Å²) in [7, 11) is 1.63. The van der Waals surface area contributed by atoms with Crippen LogP contribution >= 0.6 is 0 Å². The first kappa shape index (κ1) is 25.1. The van der Waals surface area contributed by atoms with Crippen molar-refractivity contribution in [3.63, 3.8) is 0 Å². The molecular formula is C28H35N3O4. The molecule has 0 amide bonds. The maximum atomic E-state index is 11.6. The fraction of sp³-hybridized carbons (Fsp3) is 0.464. The van der Waals surface area contributed by atoms with Crippen LogP contribution in [0.1, 0.15) is 49.3 Å². The van der Waals surface area contributed by atoms with E-state index >= 15 is 0 Å². The molecule has 1 aliphatic heterocycles. The molecule has 3 aromatic rings. The first-order valence-electron chi connectivity index (χ1n) is 12.5. The number of aliphatic carboxylic acids is 1. The molecule has 0 bridgehead atoms. The normalized spacial score (nSPS) is 19.5. The van der Waals surface area contributed by atoms with Gasteiger partial charge in [0.15, 0.2) is 0 Å². The van der Waals surface area contributed by atoms with E-state index in [0.29, 0.717) is 6.42 Å². The number of fused-ring (bicyclic) bond motifs is 1. The average molecular weight is 478 g/mol. The molecular weight excluding hydrogens is 442 g/mol. The van der Waals surface area contributed by atoms with Crippen LogP contribution in [-0.4, -0.2) is 57.8 Å². The molecule has 1 aromatic carbocycles. The Labute approximate surface area is 206 Å². The van der Waals surface area contributed by atoms with Crippen LogP contribution in [-0.2, 0) is 11.2 Å². The van der Waals surface area contributed by atoms with Crippen molar-refractivity contribution >= 4 is 16.9 Å². The van der Waals surface area contributed by atoms with Gasteiger partial charge >= 0.3 is 5.97 Å². The number of rotatable bonds is 11. The standard InChI is InChI=1S/C28H35N3O4/c1-35-23-7-8-26-25(17-23)24(10-13-30-26)27(32)9-6-21-11-15-31(19-22(21)16-28(33)34)14-3-5-20-4-2-12-29-18-20/h2,4,7-8,10,12-13,17-18,21-22,27,32H,3,5-6,9,11,14-16,19H2,1H3,(H,33,34)/t21-,22+,27?/m1/s1. The maximum absolute atomic E-state index is 11.6. The lowest BCUT2D eigenvalue weighted by Gasteiger charge is -2.38. The number of aromatic nitrogens is 2. The van der Waals surface area contributed by atoms with Gasteiger partial charge in [-0.15, -0.1) is 0 Å². The minimum absolute atomic E-state index is 0.0983. The number of aliphatic hydroxyl groups is 1. The molecule has 0 radical (unpaired) electrons.